The first-order valence-electron chi connectivity index (χ1n) is 12.1. The summed E-state index contributed by atoms with van der Waals surface area (Å²) in [5.74, 6) is 0.00661. The molecule has 1 spiro atoms. The van der Waals surface area contributed by atoms with Gasteiger partial charge < -0.3 is 10.2 Å². The maximum atomic E-state index is 13.8. The van der Waals surface area contributed by atoms with E-state index in [4.69, 9.17) is 0 Å². The maximum Gasteiger partial charge on any atom is 0.246 e. The lowest BCUT2D eigenvalue weighted by molar-refractivity contribution is -0.162. The van der Waals surface area contributed by atoms with Gasteiger partial charge in [-0.25, -0.2) is 0 Å². The van der Waals surface area contributed by atoms with Crippen molar-refractivity contribution in [1.29, 1.82) is 0 Å². The molecule has 1 N–H and O–H groups in total. The van der Waals surface area contributed by atoms with E-state index >= 15 is 0 Å². The first-order valence-corrected chi connectivity index (χ1v) is 12.1. The number of carbonyl (C=O) groups excluding carboxylic acids is 2. The summed E-state index contributed by atoms with van der Waals surface area (Å²) in [5.41, 5.74) is 2.57. The van der Waals surface area contributed by atoms with Crippen LogP contribution in [0.25, 0.3) is 0 Å². The monoisotopic (exact) mass is 453 g/mol. The molecule has 2 saturated heterocycles. The molecule has 5 rings (SSSR count). The first kappa shape index (κ1) is 22.4. The fraction of sp³-hybridized carbons (Fsp3) is 0.310. The van der Waals surface area contributed by atoms with Crippen molar-refractivity contribution in [3.63, 3.8) is 0 Å². The zero-order valence-electron chi connectivity index (χ0n) is 19.4. The zero-order chi connectivity index (χ0) is 23.4. The fourth-order valence-corrected chi connectivity index (χ4v) is 5.28. The standard InChI is InChI=1S/C29H31N3O2/c33-27-26(20-23-10-4-1-5-11-23)30-28(34)29(32(27)22-25-14-8-3-9-15-25)16-18-31(19-17-29)21-24-12-6-2-7-13-24/h1-15,26H,16-22H2,(H,30,34)/t26-/m0/s1. The number of piperidine rings is 1. The molecule has 3 aromatic rings. The molecule has 174 valence electrons. The second-order valence-corrected chi connectivity index (χ2v) is 9.42. The number of rotatable bonds is 6. The van der Waals surface area contributed by atoms with Crippen molar-refractivity contribution in [3.8, 4) is 0 Å². The van der Waals surface area contributed by atoms with Gasteiger partial charge in [-0.1, -0.05) is 91.0 Å². The Morgan fingerprint density at radius 3 is 1.76 bits per heavy atom. The minimum Gasteiger partial charge on any atom is -0.342 e. The van der Waals surface area contributed by atoms with E-state index in [0.29, 0.717) is 25.8 Å². The second-order valence-electron chi connectivity index (χ2n) is 9.42. The summed E-state index contributed by atoms with van der Waals surface area (Å²) in [6.07, 6.45) is 1.79. The minimum atomic E-state index is -0.798. The third-order valence-corrected chi connectivity index (χ3v) is 7.21. The van der Waals surface area contributed by atoms with Gasteiger partial charge in [0, 0.05) is 32.6 Å². The van der Waals surface area contributed by atoms with Crippen molar-refractivity contribution in [2.75, 3.05) is 13.1 Å². The highest BCUT2D eigenvalue weighted by atomic mass is 16.2. The SMILES string of the molecule is O=C1[C@H](Cc2ccccc2)NC(=O)C2(CCN(Cc3ccccc3)CC2)N1Cc1ccccc1. The van der Waals surface area contributed by atoms with Crippen LogP contribution in [0, 0.1) is 0 Å². The Hall–Kier alpha value is -3.44. The number of amides is 2. The van der Waals surface area contributed by atoms with Gasteiger partial charge >= 0.3 is 0 Å². The van der Waals surface area contributed by atoms with Crippen LogP contribution in [0.15, 0.2) is 91.0 Å². The number of hydrogen-bond acceptors (Lipinski definition) is 3. The van der Waals surface area contributed by atoms with Gasteiger partial charge in [0.25, 0.3) is 0 Å². The van der Waals surface area contributed by atoms with Gasteiger partial charge in [-0.05, 0) is 29.5 Å². The highest BCUT2D eigenvalue weighted by molar-refractivity contribution is 6.00. The molecule has 0 bridgehead atoms. The third kappa shape index (κ3) is 4.62. The molecule has 2 amide bonds. The minimum absolute atomic E-state index is 0.0108. The molecule has 0 saturated carbocycles. The van der Waals surface area contributed by atoms with Crippen LogP contribution in [-0.4, -0.2) is 46.3 Å². The molecule has 5 heteroatoms. The lowest BCUT2D eigenvalue weighted by Crippen LogP contribution is -2.72. The predicted molar refractivity (Wildman–Crippen MR) is 133 cm³/mol. The van der Waals surface area contributed by atoms with Crippen molar-refractivity contribution in [2.24, 2.45) is 0 Å². The van der Waals surface area contributed by atoms with E-state index in [1.54, 1.807) is 0 Å². The van der Waals surface area contributed by atoms with Gasteiger partial charge in [0.2, 0.25) is 11.8 Å². The van der Waals surface area contributed by atoms with E-state index in [1.165, 1.54) is 5.56 Å². The normalized spacial score (nSPS) is 20.4. The fourth-order valence-electron chi connectivity index (χ4n) is 5.28. The Bertz CT molecular complexity index is 1110. The van der Waals surface area contributed by atoms with Crippen molar-refractivity contribution in [2.45, 2.75) is 43.9 Å². The van der Waals surface area contributed by atoms with Gasteiger partial charge in [0.05, 0.1) is 0 Å². The number of hydrogen-bond donors (Lipinski definition) is 1. The maximum absolute atomic E-state index is 13.8. The number of likely N-dealkylation sites (tertiary alicyclic amines) is 1. The van der Waals surface area contributed by atoms with Gasteiger partial charge in [-0.3, -0.25) is 14.5 Å². The largest absolute Gasteiger partial charge is 0.342 e. The smallest absolute Gasteiger partial charge is 0.246 e. The van der Waals surface area contributed by atoms with Gasteiger partial charge in [0.1, 0.15) is 11.6 Å². The molecule has 34 heavy (non-hydrogen) atoms. The van der Waals surface area contributed by atoms with Crippen LogP contribution in [0.5, 0.6) is 0 Å². The summed E-state index contributed by atoms with van der Waals surface area (Å²) in [7, 11) is 0. The van der Waals surface area contributed by atoms with Crippen LogP contribution < -0.4 is 5.32 Å². The second kappa shape index (κ2) is 9.82. The molecular formula is C29H31N3O2. The molecule has 2 heterocycles. The average molecular weight is 454 g/mol. The third-order valence-electron chi connectivity index (χ3n) is 7.21. The van der Waals surface area contributed by atoms with Crippen LogP contribution >= 0.6 is 0 Å². The summed E-state index contributed by atoms with van der Waals surface area (Å²) < 4.78 is 0. The number of nitrogens with one attached hydrogen (secondary N) is 1. The van der Waals surface area contributed by atoms with Crippen LogP contribution in [0.1, 0.15) is 29.5 Å². The van der Waals surface area contributed by atoms with Crippen LogP contribution in [0.4, 0.5) is 0 Å². The molecule has 1 atom stereocenters. The lowest BCUT2D eigenvalue weighted by Gasteiger charge is -2.51. The summed E-state index contributed by atoms with van der Waals surface area (Å²) in [4.78, 5) is 31.8. The van der Waals surface area contributed by atoms with Crippen molar-refractivity contribution >= 4 is 11.8 Å². The molecule has 0 aromatic heterocycles. The molecule has 5 nitrogen and oxygen atoms in total. The van der Waals surface area contributed by atoms with Crippen LogP contribution in [0.2, 0.25) is 0 Å². The zero-order valence-corrected chi connectivity index (χ0v) is 19.4. The summed E-state index contributed by atoms with van der Waals surface area (Å²) in [6, 6.07) is 29.8. The molecule has 0 radical (unpaired) electrons. The van der Waals surface area contributed by atoms with Gasteiger partial charge in [-0.2, -0.15) is 0 Å². The number of piperazine rings is 1. The van der Waals surface area contributed by atoms with Crippen molar-refractivity contribution in [1.82, 2.24) is 15.1 Å². The lowest BCUT2D eigenvalue weighted by atomic mass is 9.80. The summed E-state index contributed by atoms with van der Waals surface area (Å²) >= 11 is 0. The number of carbonyl (C=O) groups is 2. The quantitative estimate of drug-likeness (QED) is 0.618. The Balaban J connectivity index is 1.37. The van der Waals surface area contributed by atoms with Gasteiger partial charge in [0.15, 0.2) is 0 Å². The molecule has 2 aliphatic rings. The van der Waals surface area contributed by atoms with E-state index < -0.39 is 11.6 Å². The summed E-state index contributed by atoms with van der Waals surface area (Å²) in [5, 5.41) is 3.11. The number of benzene rings is 3. The van der Waals surface area contributed by atoms with E-state index in [0.717, 1.165) is 30.8 Å². The molecule has 2 fully saturated rings. The molecule has 2 aliphatic heterocycles. The molecule has 0 unspecified atom stereocenters. The van der Waals surface area contributed by atoms with Crippen LogP contribution in [0.3, 0.4) is 0 Å². The van der Waals surface area contributed by atoms with E-state index in [2.05, 4.69) is 34.5 Å². The summed E-state index contributed by atoms with van der Waals surface area (Å²) in [6.45, 7) is 2.88. The van der Waals surface area contributed by atoms with E-state index in [1.807, 2.05) is 71.6 Å². The van der Waals surface area contributed by atoms with Gasteiger partial charge in [-0.15, -0.1) is 0 Å². The van der Waals surface area contributed by atoms with E-state index in [9.17, 15) is 9.59 Å². The van der Waals surface area contributed by atoms with E-state index in [-0.39, 0.29) is 11.8 Å². The van der Waals surface area contributed by atoms with Crippen molar-refractivity contribution < 1.29 is 9.59 Å². The molecule has 0 aliphatic carbocycles. The van der Waals surface area contributed by atoms with Crippen LogP contribution in [-0.2, 0) is 29.1 Å². The first-order chi connectivity index (χ1) is 16.6. The number of nitrogens with zero attached hydrogens (tertiary/aromatic N) is 2. The molecular weight excluding hydrogens is 422 g/mol. The Morgan fingerprint density at radius 2 is 1.21 bits per heavy atom. The Kier molecular flexibility index (Phi) is 6.45. The predicted octanol–water partition coefficient (Wildman–Crippen LogP) is 3.79. The van der Waals surface area contributed by atoms with Crippen molar-refractivity contribution in [3.05, 3.63) is 108 Å². The highest BCUT2D eigenvalue weighted by Crippen LogP contribution is 2.35. The Labute approximate surface area is 201 Å². The average Bonchev–Trinajstić information content (AvgIpc) is 2.88. The topological polar surface area (TPSA) is 52.7 Å². The Morgan fingerprint density at radius 1 is 0.706 bits per heavy atom. The highest BCUT2D eigenvalue weighted by Gasteiger charge is 2.53. The molecule has 3 aromatic carbocycles.